The Bertz CT molecular complexity index is 360. The lowest BCUT2D eigenvalue weighted by Gasteiger charge is -2.15. The van der Waals surface area contributed by atoms with Crippen molar-refractivity contribution in [3.8, 4) is 12.3 Å². The summed E-state index contributed by atoms with van der Waals surface area (Å²) in [7, 11) is 0. The van der Waals surface area contributed by atoms with E-state index in [4.69, 9.17) is 12.3 Å². The molecule has 0 heterocycles. The summed E-state index contributed by atoms with van der Waals surface area (Å²) < 4.78 is 2.19. The maximum Gasteiger partial charge on any atom is 0.0580 e. The van der Waals surface area contributed by atoms with Crippen LogP contribution < -0.4 is 11.3 Å². The molecule has 1 rings (SSSR count). The zero-order valence-corrected chi connectivity index (χ0v) is 11.2. The van der Waals surface area contributed by atoms with Gasteiger partial charge in [-0.2, -0.15) is 0 Å². The van der Waals surface area contributed by atoms with Crippen molar-refractivity contribution >= 4 is 38.5 Å². The topological polar surface area (TPSA) is 38.0 Å². The van der Waals surface area contributed by atoms with Gasteiger partial charge in [0, 0.05) is 14.5 Å². The summed E-state index contributed by atoms with van der Waals surface area (Å²) in [6, 6.07) is 6.09. The molecule has 0 spiro atoms. The van der Waals surface area contributed by atoms with Crippen molar-refractivity contribution in [2.75, 3.05) is 0 Å². The SMILES string of the molecule is C#CCC(NN)c1cc(I)ccc1Br. The third-order valence-corrected chi connectivity index (χ3v) is 3.25. The van der Waals surface area contributed by atoms with Crippen LogP contribution in [-0.2, 0) is 0 Å². The highest BCUT2D eigenvalue weighted by Crippen LogP contribution is 2.26. The zero-order chi connectivity index (χ0) is 10.6. The van der Waals surface area contributed by atoms with Gasteiger partial charge in [-0.15, -0.1) is 12.3 Å². The molecule has 0 amide bonds. The van der Waals surface area contributed by atoms with Crippen LogP contribution in [0.1, 0.15) is 18.0 Å². The molecule has 3 N–H and O–H groups in total. The molecule has 1 aromatic rings. The van der Waals surface area contributed by atoms with E-state index in [0.29, 0.717) is 6.42 Å². The second kappa shape index (κ2) is 5.71. The molecule has 14 heavy (non-hydrogen) atoms. The number of terminal acetylenes is 1. The summed E-state index contributed by atoms with van der Waals surface area (Å²) in [4.78, 5) is 0. The smallest absolute Gasteiger partial charge is 0.0580 e. The van der Waals surface area contributed by atoms with Gasteiger partial charge in [0.1, 0.15) is 0 Å². The summed E-state index contributed by atoms with van der Waals surface area (Å²) in [5.41, 5.74) is 3.81. The van der Waals surface area contributed by atoms with Crippen molar-refractivity contribution in [2.24, 2.45) is 5.84 Å². The molecule has 0 aliphatic rings. The van der Waals surface area contributed by atoms with Gasteiger partial charge >= 0.3 is 0 Å². The lowest BCUT2D eigenvalue weighted by atomic mass is 10.1. The summed E-state index contributed by atoms with van der Waals surface area (Å²) in [5.74, 6) is 8.04. The number of benzene rings is 1. The summed E-state index contributed by atoms with van der Waals surface area (Å²) in [6.45, 7) is 0. The van der Waals surface area contributed by atoms with Crippen molar-refractivity contribution in [2.45, 2.75) is 12.5 Å². The van der Waals surface area contributed by atoms with Gasteiger partial charge in [0.25, 0.3) is 0 Å². The van der Waals surface area contributed by atoms with E-state index >= 15 is 0 Å². The number of hydrogen-bond acceptors (Lipinski definition) is 2. The summed E-state index contributed by atoms with van der Waals surface area (Å²) in [5, 5.41) is 0. The first-order chi connectivity index (χ1) is 6.69. The molecule has 0 saturated heterocycles. The molecule has 0 radical (unpaired) electrons. The number of rotatable bonds is 3. The standard InChI is InChI=1S/C10H10BrIN2/c1-2-3-10(14-13)8-6-7(12)4-5-9(8)11/h1,4-6,10,14H,3,13H2. The summed E-state index contributed by atoms with van der Waals surface area (Å²) in [6.07, 6.45) is 5.85. The Morgan fingerprint density at radius 1 is 1.64 bits per heavy atom. The quantitative estimate of drug-likeness (QED) is 0.374. The Morgan fingerprint density at radius 3 is 2.93 bits per heavy atom. The first kappa shape index (κ1) is 12.0. The maximum atomic E-state index is 5.44. The van der Waals surface area contributed by atoms with E-state index in [0.717, 1.165) is 13.6 Å². The molecule has 0 saturated carbocycles. The van der Waals surface area contributed by atoms with Crippen molar-refractivity contribution in [3.63, 3.8) is 0 Å². The molecule has 1 atom stereocenters. The molecule has 0 fully saturated rings. The van der Waals surface area contributed by atoms with Gasteiger partial charge in [-0.05, 0) is 46.4 Å². The Balaban J connectivity index is 3.03. The second-order valence-corrected chi connectivity index (χ2v) is 4.89. The number of nitrogens with one attached hydrogen (secondary N) is 1. The predicted molar refractivity (Wildman–Crippen MR) is 70.4 cm³/mol. The molecule has 0 aromatic heterocycles. The zero-order valence-electron chi connectivity index (χ0n) is 7.43. The number of hydrogen-bond donors (Lipinski definition) is 2. The van der Waals surface area contributed by atoms with Gasteiger partial charge in [0.15, 0.2) is 0 Å². The van der Waals surface area contributed by atoms with Gasteiger partial charge in [0.05, 0.1) is 6.04 Å². The monoisotopic (exact) mass is 364 g/mol. The normalized spacial score (nSPS) is 12.1. The highest BCUT2D eigenvalue weighted by atomic mass is 127. The number of halogens is 2. The average Bonchev–Trinajstić information content (AvgIpc) is 2.18. The van der Waals surface area contributed by atoms with Crippen LogP contribution in [0.25, 0.3) is 0 Å². The average molecular weight is 365 g/mol. The molecular formula is C10H10BrIN2. The van der Waals surface area contributed by atoms with Crippen LogP contribution in [-0.4, -0.2) is 0 Å². The van der Waals surface area contributed by atoms with Crippen molar-refractivity contribution in [3.05, 3.63) is 31.8 Å². The molecule has 2 nitrogen and oxygen atoms in total. The van der Waals surface area contributed by atoms with Crippen LogP contribution in [0.5, 0.6) is 0 Å². The second-order valence-electron chi connectivity index (χ2n) is 2.79. The van der Waals surface area contributed by atoms with Crippen LogP contribution in [0.4, 0.5) is 0 Å². The van der Waals surface area contributed by atoms with E-state index in [1.54, 1.807) is 0 Å². The fraction of sp³-hybridized carbons (Fsp3) is 0.200. The van der Waals surface area contributed by atoms with Crippen LogP contribution in [0.3, 0.4) is 0 Å². The van der Waals surface area contributed by atoms with E-state index < -0.39 is 0 Å². The fourth-order valence-corrected chi connectivity index (χ4v) is 2.20. The Kier molecular flexibility index (Phi) is 4.89. The minimum atomic E-state index is 0.00379. The third-order valence-electron chi connectivity index (χ3n) is 1.86. The van der Waals surface area contributed by atoms with Gasteiger partial charge in [-0.25, -0.2) is 0 Å². The van der Waals surface area contributed by atoms with Gasteiger partial charge in [0.2, 0.25) is 0 Å². The lowest BCUT2D eigenvalue weighted by molar-refractivity contribution is 0.566. The van der Waals surface area contributed by atoms with E-state index in [-0.39, 0.29) is 6.04 Å². The van der Waals surface area contributed by atoms with Crippen LogP contribution >= 0.6 is 38.5 Å². The first-order valence-corrected chi connectivity index (χ1v) is 5.90. The third kappa shape index (κ3) is 2.95. The van der Waals surface area contributed by atoms with Crippen molar-refractivity contribution in [1.82, 2.24) is 5.43 Å². The fourth-order valence-electron chi connectivity index (χ4n) is 1.16. The Labute approximate surface area is 106 Å². The molecular weight excluding hydrogens is 355 g/mol. The van der Waals surface area contributed by atoms with Crippen molar-refractivity contribution in [1.29, 1.82) is 0 Å². The molecule has 0 aliphatic carbocycles. The van der Waals surface area contributed by atoms with Crippen LogP contribution in [0.15, 0.2) is 22.7 Å². The lowest BCUT2D eigenvalue weighted by Crippen LogP contribution is -2.28. The Hall–Kier alpha value is -0.0900. The minimum absolute atomic E-state index is 0.00379. The predicted octanol–water partition coefficient (Wildman–Crippen LogP) is 2.58. The van der Waals surface area contributed by atoms with Crippen LogP contribution in [0, 0.1) is 15.9 Å². The van der Waals surface area contributed by atoms with Gasteiger partial charge in [-0.1, -0.05) is 15.9 Å². The van der Waals surface area contributed by atoms with E-state index in [1.165, 1.54) is 0 Å². The highest BCUT2D eigenvalue weighted by molar-refractivity contribution is 14.1. The van der Waals surface area contributed by atoms with E-state index in [2.05, 4.69) is 55.9 Å². The molecule has 1 unspecified atom stereocenters. The van der Waals surface area contributed by atoms with Crippen molar-refractivity contribution < 1.29 is 0 Å². The molecule has 4 heteroatoms. The number of hydrazine groups is 1. The summed E-state index contributed by atoms with van der Waals surface area (Å²) >= 11 is 5.73. The van der Waals surface area contributed by atoms with Crippen LogP contribution in [0.2, 0.25) is 0 Å². The highest BCUT2D eigenvalue weighted by Gasteiger charge is 2.11. The largest absolute Gasteiger partial charge is 0.271 e. The number of nitrogens with two attached hydrogens (primary N) is 1. The maximum absolute atomic E-state index is 5.44. The first-order valence-electron chi connectivity index (χ1n) is 4.03. The molecule has 1 aromatic carbocycles. The van der Waals surface area contributed by atoms with E-state index in [1.807, 2.05) is 12.1 Å². The van der Waals surface area contributed by atoms with E-state index in [9.17, 15) is 0 Å². The van der Waals surface area contributed by atoms with Gasteiger partial charge in [-0.3, -0.25) is 11.3 Å². The van der Waals surface area contributed by atoms with Gasteiger partial charge < -0.3 is 0 Å². The Morgan fingerprint density at radius 2 is 2.36 bits per heavy atom. The molecule has 74 valence electrons. The molecule has 0 bridgehead atoms. The minimum Gasteiger partial charge on any atom is -0.271 e. The molecule has 0 aliphatic heterocycles.